The number of fused-ring (bicyclic) bond motifs is 3. The summed E-state index contributed by atoms with van der Waals surface area (Å²) >= 11 is 0. The maximum Gasteiger partial charge on any atom is 0.308 e. The van der Waals surface area contributed by atoms with Crippen molar-refractivity contribution >= 4 is 50.5 Å². The Hall–Kier alpha value is -5.51. The predicted octanol–water partition coefficient (Wildman–Crippen LogP) is 2.53. The quantitative estimate of drug-likeness (QED) is 0.213. The van der Waals surface area contributed by atoms with Crippen molar-refractivity contribution in [1.82, 2.24) is 25.2 Å². The molecule has 2 saturated carbocycles. The summed E-state index contributed by atoms with van der Waals surface area (Å²) < 4.78 is 44.8. The van der Waals surface area contributed by atoms with Gasteiger partial charge in [0.25, 0.3) is 5.91 Å². The Morgan fingerprint density at radius 1 is 1.05 bits per heavy atom. The number of pyridine rings is 1. The summed E-state index contributed by atoms with van der Waals surface area (Å²) in [6.45, 7) is -0.121. The van der Waals surface area contributed by atoms with Crippen LogP contribution in [0.4, 0.5) is 0 Å². The first kappa shape index (κ1) is 37.8. The molecule has 290 valence electrons. The number of amides is 4. The molecule has 55 heavy (non-hydrogen) atoms. The van der Waals surface area contributed by atoms with Crippen LogP contribution in [-0.2, 0) is 38.7 Å². The smallest absolute Gasteiger partial charge is 0.308 e. The van der Waals surface area contributed by atoms with Crippen LogP contribution in [0.15, 0.2) is 66.7 Å². The van der Waals surface area contributed by atoms with E-state index in [1.54, 1.807) is 43.5 Å². The fraction of sp³-hybridized carbons (Fsp3) is 0.436. The molecule has 3 heterocycles. The summed E-state index contributed by atoms with van der Waals surface area (Å²) in [5.74, 6) is -2.98. The minimum Gasteiger partial charge on any atom is -0.497 e. The molecule has 16 heteroatoms. The van der Waals surface area contributed by atoms with Crippen molar-refractivity contribution in [2.24, 2.45) is 5.92 Å². The summed E-state index contributed by atoms with van der Waals surface area (Å²) in [6.07, 6.45) is 4.15. The first-order valence-electron chi connectivity index (χ1n) is 18.3. The lowest BCUT2D eigenvalue weighted by Gasteiger charge is -2.29. The van der Waals surface area contributed by atoms with Gasteiger partial charge in [0, 0.05) is 41.8 Å². The van der Waals surface area contributed by atoms with Crippen LogP contribution < -0.4 is 24.8 Å². The third-order valence-electron chi connectivity index (χ3n) is 10.5. The molecule has 3 N–H and O–H groups in total. The van der Waals surface area contributed by atoms with Crippen LogP contribution in [0.5, 0.6) is 11.5 Å². The van der Waals surface area contributed by atoms with Gasteiger partial charge in [-0.1, -0.05) is 42.5 Å². The number of rotatable bonds is 9. The van der Waals surface area contributed by atoms with Gasteiger partial charge in [-0.25, -0.2) is 13.4 Å². The second kappa shape index (κ2) is 15.3. The summed E-state index contributed by atoms with van der Waals surface area (Å²) in [5.41, 5.74) is 0.446. The van der Waals surface area contributed by atoms with Crippen molar-refractivity contribution in [2.45, 2.75) is 80.3 Å². The normalized spacial score (nSPS) is 26.3. The van der Waals surface area contributed by atoms with Gasteiger partial charge in [-0.2, -0.15) is 0 Å². The highest BCUT2D eigenvalue weighted by Crippen LogP contribution is 2.46. The number of hydrogen-bond donors (Lipinski definition) is 3. The van der Waals surface area contributed by atoms with Crippen molar-refractivity contribution < 1.29 is 46.6 Å². The molecule has 0 unspecified atom stereocenters. The Morgan fingerprint density at radius 2 is 1.84 bits per heavy atom. The number of carbonyl (C=O) groups is 5. The molecule has 4 amide bonds. The van der Waals surface area contributed by atoms with Crippen LogP contribution in [0.3, 0.4) is 0 Å². The molecule has 7 rings (SSSR count). The van der Waals surface area contributed by atoms with E-state index in [1.807, 2.05) is 30.3 Å². The van der Waals surface area contributed by atoms with Crippen molar-refractivity contribution in [3.8, 4) is 22.8 Å². The number of sulfonamides is 1. The third kappa shape index (κ3) is 8.14. The summed E-state index contributed by atoms with van der Waals surface area (Å²) in [5, 5.41) is 5.47. The van der Waals surface area contributed by atoms with Crippen LogP contribution >= 0.6 is 0 Å². The molecule has 2 aliphatic carbocycles. The average Bonchev–Trinajstić information content (AvgIpc) is 4.10. The molecule has 2 aliphatic heterocycles. The second-order valence-corrected chi connectivity index (χ2v) is 16.4. The Labute approximate surface area is 318 Å². The number of benzene rings is 2. The van der Waals surface area contributed by atoms with E-state index >= 15 is 0 Å². The molecular weight excluding hydrogens is 731 g/mol. The van der Waals surface area contributed by atoms with Gasteiger partial charge in [0.2, 0.25) is 27.7 Å². The van der Waals surface area contributed by atoms with Crippen molar-refractivity contribution in [3.05, 3.63) is 66.7 Å². The van der Waals surface area contributed by atoms with Gasteiger partial charge in [0.1, 0.15) is 35.2 Å². The Kier molecular flexibility index (Phi) is 10.5. The monoisotopic (exact) mass is 773 g/mol. The maximum atomic E-state index is 14.4. The van der Waals surface area contributed by atoms with E-state index < -0.39 is 80.9 Å². The largest absolute Gasteiger partial charge is 0.497 e. The minimum atomic E-state index is -3.94. The lowest BCUT2D eigenvalue weighted by molar-refractivity contribution is -0.147. The summed E-state index contributed by atoms with van der Waals surface area (Å²) in [6, 6.07) is 14.0. The van der Waals surface area contributed by atoms with E-state index in [0.717, 1.165) is 5.56 Å². The molecule has 4 aliphatic rings. The molecule has 0 bridgehead atoms. The van der Waals surface area contributed by atoms with E-state index in [4.69, 9.17) is 19.2 Å². The second-order valence-electron chi connectivity index (χ2n) is 14.4. The number of nitrogens with one attached hydrogen (secondary N) is 3. The Morgan fingerprint density at radius 3 is 2.56 bits per heavy atom. The maximum absolute atomic E-state index is 14.4. The Balaban J connectivity index is 1.24. The molecule has 15 nitrogen and oxygen atoms in total. The molecule has 0 spiro atoms. The van der Waals surface area contributed by atoms with Gasteiger partial charge in [0.15, 0.2) is 0 Å². The minimum absolute atomic E-state index is 0.0321. The van der Waals surface area contributed by atoms with Crippen molar-refractivity contribution in [2.75, 3.05) is 20.8 Å². The zero-order chi connectivity index (χ0) is 38.9. The van der Waals surface area contributed by atoms with E-state index in [0.29, 0.717) is 53.8 Å². The fourth-order valence-electron chi connectivity index (χ4n) is 7.24. The van der Waals surface area contributed by atoms with Gasteiger partial charge in [-0.15, -0.1) is 0 Å². The highest BCUT2D eigenvalue weighted by atomic mass is 32.2. The van der Waals surface area contributed by atoms with Crippen LogP contribution in [0.25, 0.3) is 22.2 Å². The number of methoxy groups -OCH3 is 2. The molecule has 2 aromatic carbocycles. The number of allylic oxidation sites excluding steroid dienone is 1. The van der Waals surface area contributed by atoms with E-state index in [2.05, 4.69) is 15.4 Å². The zero-order valence-electron chi connectivity index (χ0n) is 30.5. The van der Waals surface area contributed by atoms with Crippen LogP contribution in [0.1, 0.15) is 51.4 Å². The SMILES string of the molecule is COC(=O)C[C@@H]1NC(=O)CCC/C=C\[C@@H]2C[C@@]2(C(=O)NS(=O)(=O)C2CC2)NC(=O)[C@@H]2C[C@@H](Oc3cc(-c4ccccc4)nc4cc(OC)ccc34)CN2C1=O. The van der Waals surface area contributed by atoms with E-state index in [-0.39, 0.29) is 25.8 Å². The van der Waals surface area contributed by atoms with Crippen LogP contribution in [0, 0.1) is 5.92 Å². The molecule has 0 radical (unpaired) electrons. The number of nitrogens with zero attached hydrogens (tertiary/aromatic N) is 2. The van der Waals surface area contributed by atoms with Gasteiger partial charge in [-0.05, 0) is 44.2 Å². The van der Waals surface area contributed by atoms with Gasteiger partial charge in [-0.3, -0.25) is 28.7 Å². The number of esters is 1. The number of hydrogen-bond acceptors (Lipinski definition) is 11. The average molecular weight is 774 g/mol. The first-order chi connectivity index (χ1) is 26.4. The molecule has 1 aromatic heterocycles. The lowest BCUT2D eigenvalue weighted by atomic mass is 10.1. The molecule has 5 atom stereocenters. The fourth-order valence-corrected chi connectivity index (χ4v) is 8.60. The van der Waals surface area contributed by atoms with Crippen molar-refractivity contribution in [1.29, 1.82) is 0 Å². The Bertz CT molecular complexity index is 2160. The molecule has 3 fully saturated rings. The number of aromatic nitrogens is 1. The number of ether oxygens (including phenoxy) is 3. The molecule has 3 aromatic rings. The predicted molar refractivity (Wildman–Crippen MR) is 199 cm³/mol. The van der Waals surface area contributed by atoms with Gasteiger partial charge >= 0.3 is 5.97 Å². The van der Waals surface area contributed by atoms with Gasteiger partial charge < -0.3 is 29.7 Å². The highest BCUT2D eigenvalue weighted by Gasteiger charge is 2.62. The molecule has 1 saturated heterocycles. The van der Waals surface area contributed by atoms with Crippen LogP contribution in [-0.4, -0.2) is 97.6 Å². The standard InChI is InChI=1S/C39H43N5O10S/c1-52-25-13-16-28-30(17-25)40-29(23-9-5-3-6-10-23)19-33(28)54-26-18-32-36(47)42-39(38(49)43-55(50,51)27-14-15-27)21-24(39)11-7-4-8-12-34(45)41-31(20-35(46)53-2)37(48)44(32)22-26/h3,5-7,9-11,13,16-17,19,24,26-27,31-32H,4,8,12,14-15,18,20-22H2,1-2H3,(H,41,45)(H,42,47)(H,43,49)/b11-7-/t24-,26-,31+,32+,39-/m1/s1. The van der Waals surface area contributed by atoms with Crippen LogP contribution in [0.2, 0.25) is 0 Å². The van der Waals surface area contributed by atoms with Crippen molar-refractivity contribution in [3.63, 3.8) is 0 Å². The molecular formula is C39H43N5O10S. The van der Waals surface area contributed by atoms with E-state index in [1.165, 1.54) is 12.0 Å². The van der Waals surface area contributed by atoms with Gasteiger partial charge in [0.05, 0.1) is 43.6 Å². The highest BCUT2D eigenvalue weighted by molar-refractivity contribution is 7.91. The zero-order valence-corrected chi connectivity index (χ0v) is 31.3. The lowest BCUT2D eigenvalue weighted by Crippen LogP contribution is -2.58. The first-order valence-corrected chi connectivity index (χ1v) is 19.9. The summed E-state index contributed by atoms with van der Waals surface area (Å²) in [7, 11) is -1.21. The summed E-state index contributed by atoms with van der Waals surface area (Å²) in [4.78, 5) is 74.1. The van der Waals surface area contributed by atoms with E-state index in [9.17, 15) is 32.4 Å². The number of carbonyl (C=O) groups excluding carboxylic acids is 5. The topological polar surface area (TPSA) is 199 Å². The third-order valence-corrected chi connectivity index (χ3v) is 12.3.